The molecule has 1 saturated heterocycles. The number of halogens is 4. The van der Waals surface area contributed by atoms with Gasteiger partial charge in [-0.1, -0.05) is 46.9 Å². The van der Waals surface area contributed by atoms with Crippen molar-refractivity contribution in [2.24, 2.45) is 0 Å². The standard InChI is InChI=1S/C20H18Cl3FN2O2/c21-16-3-1-2-13(19(16)23)4-7-18(27)25-8-10-26(11-9-25)20(28)15-6-5-14(24)12-17(15)22/h1-3,5-6,12H,4,7-11H2. The fraction of sp³-hybridized carbons (Fsp3) is 0.300. The molecule has 28 heavy (non-hydrogen) atoms. The molecule has 0 N–H and O–H groups in total. The van der Waals surface area contributed by atoms with Crippen LogP contribution in [-0.2, 0) is 11.2 Å². The summed E-state index contributed by atoms with van der Waals surface area (Å²) in [6.07, 6.45) is 0.820. The fourth-order valence-corrected chi connectivity index (χ4v) is 3.80. The lowest BCUT2D eigenvalue weighted by Gasteiger charge is -2.35. The molecule has 8 heteroatoms. The third-order valence-corrected chi connectivity index (χ3v) is 5.89. The quantitative estimate of drug-likeness (QED) is 0.687. The Bertz CT molecular complexity index is 899. The highest BCUT2D eigenvalue weighted by atomic mass is 35.5. The van der Waals surface area contributed by atoms with Crippen LogP contribution in [0, 0.1) is 5.82 Å². The first-order chi connectivity index (χ1) is 13.4. The Hall–Kier alpha value is -1.82. The molecular formula is C20H18Cl3FN2O2. The number of benzene rings is 2. The lowest BCUT2D eigenvalue weighted by Crippen LogP contribution is -2.50. The van der Waals surface area contributed by atoms with Gasteiger partial charge in [0.1, 0.15) is 5.82 Å². The second-order valence-corrected chi connectivity index (χ2v) is 7.70. The average molecular weight is 444 g/mol. The van der Waals surface area contributed by atoms with Crippen molar-refractivity contribution in [2.75, 3.05) is 26.2 Å². The summed E-state index contributed by atoms with van der Waals surface area (Å²) in [6.45, 7) is 1.67. The van der Waals surface area contributed by atoms with Gasteiger partial charge in [0.15, 0.2) is 0 Å². The van der Waals surface area contributed by atoms with E-state index in [9.17, 15) is 14.0 Å². The zero-order chi connectivity index (χ0) is 20.3. The Balaban J connectivity index is 1.54. The van der Waals surface area contributed by atoms with E-state index in [4.69, 9.17) is 34.8 Å². The minimum Gasteiger partial charge on any atom is -0.339 e. The molecule has 0 atom stereocenters. The molecule has 0 aromatic heterocycles. The van der Waals surface area contributed by atoms with Crippen LogP contribution in [0.2, 0.25) is 15.1 Å². The van der Waals surface area contributed by atoms with E-state index in [1.807, 2.05) is 6.07 Å². The maximum atomic E-state index is 13.2. The van der Waals surface area contributed by atoms with Gasteiger partial charge < -0.3 is 9.80 Å². The molecule has 3 rings (SSSR count). The van der Waals surface area contributed by atoms with Gasteiger partial charge in [0, 0.05) is 32.6 Å². The van der Waals surface area contributed by atoms with E-state index in [0.717, 1.165) is 11.6 Å². The molecule has 1 aliphatic heterocycles. The zero-order valence-corrected chi connectivity index (χ0v) is 17.2. The van der Waals surface area contributed by atoms with Crippen molar-refractivity contribution >= 4 is 46.6 Å². The van der Waals surface area contributed by atoms with Crippen LogP contribution >= 0.6 is 34.8 Å². The van der Waals surface area contributed by atoms with Gasteiger partial charge in [-0.2, -0.15) is 0 Å². The van der Waals surface area contributed by atoms with Crippen molar-refractivity contribution in [2.45, 2.75) is 12.8 Å². The Morgan fingerprint density at radius 3 is 2.29 bits per heavy atom. The number of piperazine rings is 1. The normalized spacial score (nSPS) is 14.3. The Morgan fingerprint density at radius 2 is 1.61 bits per heavy atom. The lowest BCUT2D eigenvalue weighted by atomic mass is 10.1. The largest absolute Gasteiger partial charge is 0.339 e. The van der Waals surface area contributed by atoms with Crippen molar-refractivity contribution in [1.29, 1.82) is 0 Å². The first kappa shape index (κ1) is 20.9. The van der Waals surface area contributed by atoms with Crippen LogP contribution in [0.25, 0.3) is 0 Å². The maximum Gasteiger partial charge on any atom is 0.255 e. The molecule has 148 valence electrons. The summed E-state index contributed by atoms with van der Waals surface area (Å²) in [5.74, 6) is -0.748. The number of rotatable bonds is 4. The Labute approximate surface area is 177 Å². The highest BCUT2D eigenvalue weighted by Gasteiger charge is 2.26. The molecule has 0 aliphatic carbocycles. The summed E-state index contributed by atoms with van der Waals surface area (Å²) in [7, 11) is 0. The summed E-state index contributed by atoms with van der Waals surface area (Å²) in [5.41, 5.74) is 1.10. The van der Waals surface area contributed by atoms with Gasteiger partial charge in [-0.3, -0.25) is 9.59 Å². The van der Waals surface area contributed by atoms with E-state index in [2.05, 4.69) is 0 Å². The predicted octanol–water partition coefficient (Wildman–Crippen LogP) is 4.70. The van der Waals surface area contributed by atoms with Gasteiger partial charge in [-0.15, -0.1) is 0 Å². The SMILES string of the molecule is O=C(CCc1cccc(Cl)c1Cl)N1CCN(C(=O)c2ccc(F)cc2Cl)CC1. The number of nitrogens with zero attached hydrogens (tertiary/aromatic N) is 2. The molecule has 0 saturated carbocycles. The molecule has 2 aromatic rings. The van der Waals surface area contributed by atoms with Crippen molar-refractivity contribution in [3.63, 3.8) is 0 Å². The van der Waals surface area contributed by atoms with Crippen molar-refractivity contribution in [3.8, 4) is 0 Å². The number of amides is 2. The van der Waals surface area contributed by atoms with Crippen LogP contribution in [-0.4, -0.2) is 47.8 Å². The fourth-order valence-electron chi connectivity index (χ4n) is 3.13. The summed E-state index contributed by atoms with van der Waals surface area (Å²) < 4.78 is 13.2. The van der Waals surface area contributed by atoms with E-state index in [1.54, 1.807) is 21.9 Å². The second kappa shape index (κ2) is 9.12. The molecule has 0 radical (unpaired) electrons. The molecule has 1 heterocycles. The van der Waals surface area contributed by atoms with Crippen molar-refractivity contribution in [3.05, 3.63) is 68.4 Å². The maximum absolute atomic E-state index is 13.2. The van der Waals surface area contributed by atoms with Gasteiger partial charge in [0.25, 0.3) is 5.91 Å². The third-order valence-electron chi connectivity index (χ3n) is 4.72. The monoisotopic (exact) mass is 442 g/mol. The number of carbonyl (C=O) groups excluding carboxylic acids is 2. The molecule has 0 bridgehead atoms. The van der Waals surface area contributed by atoms with Gasteiger partial charge in [-0.05, 0) is 36.2 Å². The number of hydrogen-bond donors (Lipinski definition) is 0. The first-order valence-electron chi connectivity index (χ1n) is 8.82. The van der Waals surface area contributed by atoms with Crippen LogP contribution in [0.1, 0.15) is 22.3 Å². The van der Waals surface area contributed by atoms with Crippen LogP contribution < -0.4 is 0 Å². The Kier molecular flexibility index (Phi) is 6.81. The molecule has 4 nitrogen and oxygen atoms in total. The molecule has 2 aromatic carbocycles. The van der Waals surface area contributed by atoms with Crippen LogP contribution in [0.5, 0.6) is 0 Å². The van der Waals surface area contributed by atoms with Gasteiger partial charge >= 0.3 is 0 Å². The van der Waals surface area contributed by atoms with Crippen molar-refractivity contribution < 1.29 is 14.0 Å². The van der Waals surface area contributed by atoms with Crippen LogP contribution in [0.15, 0.2) is 36.4 Å². The molecular weight excluding hydrogens is 426 g/mol. The third kappa shape index (κ3) is 4.77. The van der Waals surface area contributed by atoms with E-state index in [1.165, 1.54) is 12.1 Å². The lowest BCUT2D eigenvalue weighted by molar-refractivity contribution is -0.132. The predicted molar refractivity (Wildman–Crippen MR) is 109 cm³/mol. The zero-order valence-electron chi connectivity index (χ0n) is 14.9. The van der Waals surface area contributed by atoms with Gasteiger partial charge in [0.2, 0.25) is 5.91 Å². The summed E-state index contributed by atoms with van der Waals surface area (Å²) in [4.78, 5) is 28.4. The van der Waals surface area contributed by atoms with Crippen LogP contribution in [0.3, 0.4) is 0 Å². The average Bonchev–Trinajstić information content (AvgIpc) is 2.68. The molecule has 1 fully saturated rings. The molecule has 2 amide bonds. The van der Waals surface area contributed by atoms with Gasteiger partial charge in [-0.25, -0.2) is 4.39 Å². The van der Waals surface area contributed by atoms with E-state index in [0.29, 0.717) is 49.1 Å². The first-order valence-corrected chi connectivity index (χ1v) is 9.95. The van der Waals surface area contributed by atoms with Gasteiger partial charge in [0.05, 0.1) is 20.6 Å². The van der Waals surface area contributed by atoms with Crippen LogP contribution in [0.4, 0.5) is 4.39 Å². The number of aryl methyl sites for hydroxylation is 1. The van der Waals surface area contributed by atoms with E-state index < -0.39 is 5.82 Å². The highest BCUT2D eigenvalue weighted by molar-refractivity contribution is 6.42. The number of carbonyl (C=O) groups is 2. The minimum atomic E-state index is -0.489. The highest BCUT2D eigenvalue weighted by Crippen LogP contribution is 2.26. The summed E-state index contributed by atoms with van der Waals surface area (Å²) in [5, 5.41) is 1.03. The summed E-state index contributed by atoms with van der Waals surface area (Å²) >= 11 is 18.1. The van der Waals surface area contributed by atoms with E-state index >= 15 is 0 Å². The molecule has 0 spiro atoms. The minimum absolute atomic E-state index is 0.00274. The topological polar surface area (TPSA) is 40.6 Å². The second-order valence-electron chi connectivity index (χ2n) is 6.51. The van der Waals surface area contributed by atoms with Crippen molar-refractivity contribution in [1.82, 2.24) is 9.80 Å². The molecule has 1 aliphatic rings. The Morgan fingerprint density at radius 1 is 0.929 bits per heavy atom. The van der Waals surface area contributed by atoms with E-state index in [-0.39, 0.29) is 22.4 Å². The number of hydrogen-bond acceptors (Lipinski definition) is 2. The molecule has 0 unspecified atom stereocenters. The summed E-state index contributed by atoms with van der Waals surface area (Å²) in [6, 6.07) is 9.07. The smallest absolute Gasteiger partial charge is 0.255 e.